The molecule has 9 nitrogen and oxygen atoms in total. The van der Waals surface area contributed by atoms with Crippen molar-refractivity contribution in [2.75, 3.05) is 6.54 Å². The number of para-hydroxylation sites is 1. The van der Waals surface area contributed by atoms with E-state index in [0.717, 1.165) is 42.5 Å². The molecular formula is C24H25N5O4. The van der Waals surface area contributed by atoms with Gasteiger partial charge in [-0.25, -0.2) is 0 Å². The molecule has 1 aliphatic heterocycles. The van der Waals surface area contributed by atoms with E-state index in [-0.39, 0.29) is 29.1 Å². The molecule has 3 aliphatic rings. The minimum Gasteiger partial charge on any atom is -0.508 e. The molecule has 2 N–H and O–H groups in total. The highest BCUT2D eigenvalue weighted by Crippen LogP contribution is 2.58. The molecule has 2 fully saturated rings. The molecule has 0 spiro atoms. The molecule has 2 aromatic carbocycles. The van der Waals surface area contributed by atoms with Gasteiger partial charge in [0.25, 0.3) is 0 Å². The fourth-order valence-electron chi connectivity index (χ4n) is 6.46. The SMILES string of the molecule is O=CN1CCC23CC(O)CCC2C1Cc1cc(O)cc(Oc2nnnn2-c2ccccc2)c13. The van der Waals surface area contributed by atoms with Crippen molar-refractivity contribution < 1.29 is 19.7 Å². The molecule has 6 rings (SSSR count). The average Bonchev–Trinajstić information content (AvgIpc) is 3.27. The number of aliphatic hydroxyl groups excluding tert-OH is 1. The van der Waals surface area contributed by atoms with Gasteiger partial charge in [-0.3, -0.25) is 4.79 Å². The largest absolute Gasteiger partial charge is 0.508 e. The zero-order valence-electron chi connectivity index (χ0n) is 18.0. The van der Waals surface area contributed by atoms with Gasteiger partial charge in [0.05, 0.1) is 11.8 Å². The van der Waals surface area contributed by atoms with Crippen LogP contribution in [0.3, 0.4) is 0 Å². The van der Waals surface area contributed by atoms with E-state index in [4.69, 9.17) is 4.74 Å². The maximum absolute atomic E-state index is 11.8. The number of aliphatic hydroxyl groups is 1. The van der Waals surface area contributed by atoms with Crippen LogP contribution in [-0.4, -0.2) is 60.4 Å². The van der Waals surface area contributed by atoms with Gasteiger partial charge in [-0.15, -0.1) is 0 Å². The second-order valence-corrected chi connectivity index (χ2v) is 9.35. The number of piperidine rings is 1. The lowest BCUT2D eigenvalue weighted by Crippen LogP contribution is -2.62. The normalized spacial score (nSPS) is 28.0. The number of carbonyl (C=O) groups is 1. The maximum Gasteiger partial charge on any atom is 0.345 e. The highest BCUT2D eigenvalue weighted by atomic mass is 16.5. The number of fused-ring (bicyclic) bond motifs is 1. The number of likely N-dealkylation sites (tertiary alicyclic amines) is 1. The Morgan fingerprint density at radius 1 is 1.18 bits per heavy atom. The smallest absolute Gasteiger partial charge is 0.345 e. The molecule has 1 saturated heterocycles. The van der Waals surface area contributed by atoms with Gasteiger partial charge in [0, 0.05) is 29.6 Å². The summed E-state index contributed by atoms with van der Waals surface area (Å²) in [6, 6.07) is 13.1. The quantitative estimate of drug-likeness (QED) is 0.590. The molecule has 2 aliphatic carbocycles. The van der Waals surface area contributed by atoms with Crippen LogP contribution < -0.4 is 4.74 Å². The number of carbonyl (C=O) groups excluding carboxylic acids is 1. The lowest BCUT2D eigenvalue weighted by atomic mass is 9.51. The molecule has 1 amide bonds. The number of phenolic OH excluding ortho intramolecular Hbond substituents is 1. The van der Waals surface area contributed by atoms with E-state index in [1.165, 1.54) is 4.68 Å². The van der Waals surface area contributed by atoms with Crippen LogP contribution >= 0.6 is 0 Å². The molecule has 3 aromatic rings. The third-order valence-corrected chi connectivity index (χ3v) is 7.70. The standard InChI is InChI=1S/C24H25N5O4/c30-14-28-9-8-24-13-17(31)6-7-19(24)20(28)11-15-10-18(32)12-21(22(15)24)33-23-25-26-27-29(23)16-4-2-1-3-5-16/h1-5,10,12,14,17,19-20,31-32H,6-9,11,13H2. The summed E-state index contributed by atoms with van der Waals surface area (Å²) >= 11 is 0. The second kappa shape index (κ2) is 7.55. The summed E-state index contributed by atoms with van der Waals surface area (Å²) in [5, 5.41) is 33.2. The number of phenols is 1. The minimum absolute atomic E-state index is 0.0561. The van der Waals surface area contributed by atoms with Gasteiger partial charge >= 0.3 is 6.01 Å². The van der Waals surface area contributed by atoms with Gasteiger partial charge in [0.1, 0.15) is 11.5 Å². The monoisotopic (exact) mass is 447 g/mol. The Kier molecular flexibility index (Phi) is 4.62. The third kappa shape index (κ3) is 3.10. The number of aromatic hydroxyl groups is 1. The summed E-state index contributed by atoms with van der Waals surface area (Å²) in [6.45, 7) is 0.638. The Morgan fingerprint density at radius 2 is 2.03 bits per heavy atom. The summed E-state index contributed by atoms with van der Waals surface area (Å²) in [7, 11) is 0. The predicted octanol–water partition coefficient (Wildman–Crippen LogP) is 2.35. The van der Waals surface area contributed by atoms with Gasteiger partial charge in [-0.1, -0.05) is 23.3 Å². The number of hydrogen-bond donors (Lipinski definition) is 2. The van der Waals surface area contributed by atoms with Gasteiger partial charge in [-0.2, -0.15) is 4.68 Å². The number of nitrogens with zero attached hydrogens (tertiary/aromatic N) is 5. The van der Waals surface area contributed by atoms with Crippen molar-refractivity contribution >= 4 is 6.41 Å². The van der Waals surface area contributed by atoms with Gasteiger partial charge in [-0.05, 0) is 72.2 Å². The first-order valence-corrected chi connectivity index (χ1v) is 11.4. The zero-order chi connectivity index (χ0) is 22.6. The van der Waals surface area contributed by atoms with E-state index < -0.39 is 6.10 Å². The zero-order valence-corrected chi connectivity index (χ0v) is 18.0. The number of tetrazole rings is 1. The average molecular weight is 447 g/mol. The van der Waals surface area contributed by atoms with Crippen LogP contribution in [0, 0.1) is 5.92 Å². The van der Waals surface area contributed by atoms with Crippen LogP contribution in [0.15, 0.2) is 42.5 Å². The maximum atomic E-state index is 11.8. The fraction of sp³-hybridized carbons (Fsp3) is 0.417. The number of hydrogen-bond acceptors (Lipinski definition) is 7. The third-order valence-electron chi connectivity index (χ3n) is 7.70. The molecule has 1 saturated carbocycles. The molecule has 2 bridgehead atoms. The van der Waals surface area contributed by atoms with Crippen molar-refractivity contribution in [1.29, 1.82) is 0 Å². The van der Waals surface area contributed by atoms with Gasteiger partial charge < -0.3 is 19.8 Å². The van der Waals surface area contributed by atoms with Crippen LogP contribution in [-0.2, 0) is 16.6 Å². The lowest BCUT2D eigenvalue weighted by molar-refractivity contribution is -0.128. The van der Waals surface area contributed by atoms with Gasteiger partial charge in [0.2, 0.25) is 6.41 Å². The van der Waals surface area contributed by atoms with E-state index >= 15 is 0 Å². The van der Waals surface area contributed by atoms with Crippen molar-refractivity contribution in [2.45, 2.75) is 49.7 Å². The number of benzene rings is 2. The summed E-state index contributed by atoms with van der Waals surface area (Å²) in [4.78, 5) is 13.7. The van der Waals surface area contributed by atoms with Crippen LogP contribution in [0.5, 0.6) is 17.5 Å². The molecule has 170 valence electrons. The summed E-state index contributed by atoms with van der Waals surface area (Å²) in [5.41, 5.74) is 2.39. The molecular weight excluding hydrogens is 422 g/mol. The van der Waals surface area contributed by atoms with Crippen LogP contribution in [0.2, 0.25) is 0 Å². The van der Waals surface area contributed by atoms with E-state index in [9.17, 15) is 15.0 Å². The Morgan fingerprint density at radius 3 is 2.85 bits per heavy atom. The van der Waals surface area contributed by atoms with Crippen LogP contribution in [0.1, 0.15) is 36.8 Å². The van der Waals surface area contributed by atoms with Crippen molar-refractivity contribution in [1.82, 2.24) is 25.1 Å². The van der Waals surface area contributed by atoms with Crippen LogP contribution in [0.4, 0.5) is 0 Å². The Bertz CT molecular complexity index is 1200. The Balaban J connectivity index is 1.49. The number of rotatable bonds is 4. The summed E-state index contributed by atoms with van der Waals surface area (Å²) < 4.78 is 7.82. The molecule has 2 heterocycles. The number of ether oxygens (including phenoxy) is 1. The van der Waals surface area contributed by atoms with Crippen molar-refractivity contribution in [3.05, 3.63) is 53.6 Å². The van der Waals surface area contributed by atoms with Crippen molar-refractivity contribution in [2.24, 2.45) is 5.92 Å². The first-order valence-electron chi connectivity index (χ1n) is 11.4. The van der Waals surface area contributed by atoms with Crippen LogP contribution in [0.25, 0.3) is 5.69 Å². The molecule has 9 heteroatoms. The fourth-order valence-corrected chi connectivity index (χ4v) is 6.46. The molecule has 33 heavy (non-hydrogen) atoms. The first kappa shape index (κ1) is 20.2. The van der Waals surface area contributed by atoms with Crippen molar-refractivity contribution in [3.63, 3.8) is 0 Å². The molecule has 4 atom stereocenters. The summed E-state index contributed by atoms with van der Waals surface area (Å²) in [6.07, 6.45) is 4.10. The predicted molar refractivity (Wildman–Crippen MR) is 117 cm³/mol. The van der Waals surface area contributed by atoms with E-state index in [1.54, 1.807) is 12.1 Å². The van der Waals surface area contributed by atoms with E-state index in [2.05, 4.69) is 15.5 Å². The minimum atomic E-state index is -0.410. The molecule has 0 radical (unpaired) electrons. The molecule has 1 aromatic heterocycles. The topological polar surface area (TPSA) is 114 Å². The van der Waals surface area contributed by atoms with Crippen molar-refractivity contribution in [3.8, 4) is 23.2 Å². The highest BCUT2D eigenvalue weighted by molar-refractivity contribution is 5.57. The highest BCUT2D eigenvalue weighted by Gasteiger charge is 2.56. The van der Waals surface area contributed by atoms with E-state index in [1.807, 2.05) is 35.2 Å². The Labute approximate surface area is 190 Å². The molecule has 4 unspecified atom stereocenters. The van der Waals surface area contributed by atoms with Gasteiger partial charge in [0.15, 0.2) is 0 Å². The van der Waals surface area contributed by atoms with E-state index in [0.29, 0.717) is 25.1 Å². The summed E-state index contributed by atoms with van der Waals surface area (Å²) in [5.74, 6) is 0.822. The lowest BCUT2D eigenvalue weighted by Gasteiger charge is -2.59. The first-order chi connectivity index (χ1) is 16.1. The Hall–Kier alpha value is -3.46. The number of amides is 1. The number of aromatic nitrogens is 4. The second-order valence-electron chi connectivity index (χ2n) is 9.35.